The molecular formula is C19H20Cl2F3N6+. The average Bonchev–Trinajstić information content (AvgIpc) is 3.23. The largest absolute Gasteiger partial charge is 0.301 e. The molecule has 1 aliphatic rings. The van der Waals surface area contributed by atoms with Crippen molar-refractivity contribution in [2.75, 3.05) is 13.1 Å². The van der Waals surface area contributed by atoms with Gasteiger partial charge in [-0.25, -0.2) is 22.8 Å². The summed E-state index contributed by atoms with van der Waals surface area (Å²) in [5.74, 6) is -2.45. The van der Waals surface area contributed by atoms with Crippen LogP contribution in [0.5, 0.6) is 0 Å². The Kier molecular flexibility index (Phi) is 5.19. The molecule has 0 amide bonds. The van der Waals surface area contributed by atoms with Gasteiger partial charge >= 0.3 is 5.92 Å². The molecule has 1 aliphatic heterocycles. The van der Waals surface area contributed by atoms with E-state index in [4.69, 9.17) is 23.2 Å². The highest BCUT2D eigenvalue weighted by Gasteiger charge is 2.45. The average molecular weight is 460 g/mol. The van der Waals surface area contributed by atoms with Crippen LogP contribution in [0.2, 0.25) is 10.0 Å². The fourth-order valence-corrected chi connectivity index (χ4v) is 3.82. The fraction of sp³-hybridized carbons (Fsp3) is 0.474. The molecule has 0 radical (unpaired) electrons. The van der Waals surface area contributed by atoms with E-state index in [2.05, 4.69) is 20.3 Å². The second-order valence-electron chi connectivity index (χ2n) is 8.52. The van der Waals surface area contributed by atoms with Crippen molar-refractivity contribution in [3.8, 4) is 0 Å². The first-order valence-electron chi connectivity index (χ1n) is 9.43. The first kappa shape index (κ1) is 21.3. The lowest BCUT2D eigenvalue weighted by Crippen LogP contribution is -3.06. The summed E-state index contributed by atoms with van der Waals surface area (Å²) in [7, 11) is 0. The van der Waals surface area contributed by atoms with Crippen molar-refractivity contribution >= 4 is 40.2 Å². The van der Waals surface area contributed by atoms with Crippen molar-refractivity contribution < 1.29 is 18.1 Å². The Morgan fingerprint density at radius 2 is 1.93 bits per heavy atom. The lowest BCUT2D eigenvalue weighted by molar-refractivity contribution is -0.824. The highest BCUT2D eigenvalue weighted by atomic mass is 35.5. The number of quaternary nitrogens is 1. The summed E-state index contributed by atoms with van der Waals surface area (Å²) in [6, 6.07) is 2.59. The topological polar surface area (TPSA) is 60.9 Å². The summed E-state index contributed by atoms with van der Waals surface area (Å²) in [6.45, 7) is 5.57. The zero-order valence-electron chi connectivity index (χ0n) is 16.6. The molecule has 2 aromatic heterocycles. The molecule has 1 atom stereocenters. The Morgan fingerprint density at radius 3 is 2.57 bits per heavy atom. The van der Waals surface area contributed by atoms with Gasteiger partial charge in [-0.3, -0.25) is 4.90 Å². The molecule has 3 heterocycles. The minimum Gasteiger partial charge on any atom is -0.279 e. The minimum atomic E-state index is -2.76. The molecule has 1 N–H and O–H groups in total. The fourth-order valence-electron chi connectivity index (χ4n) is 3.43. The zero-order valence-corrected chi connectivity index (χ0v) is 18.1. The molecule has 3 aromatic rings. The van der Waals surface area contributed by atoms with E-state index in [-0.39, 0.29) is 41.7 Å². The molecule has 1 saturated heterocycles. The molecular weight excluding hydrogens is 440 g/mol. The Hall–Kier alpha value is -1.97. The summed E-state index contributed by atoms with van der Waals surface area (Å²) in [4.78, 5) is 9.68. The summed E-state index contributed by atoms with van der Waals surface area (Å²) in [5, 5.41) is 8.52. The number of benzene rings is 1. The van der Waals surface area contributed by atoms with Crippen LogP contribution in [-0.2, 0) is 12.0 Å². The van der Waals surface area contributed by atoms with Crippen molar-refractivity contribution in [2.45, 2.75) is 45.1 Å². The number of hydrogen-bond donors (Lipinski definition) is 1. The van der Waals surface area contributed by atoms with Crippen LogP contribution in [0.25, 0.3) is 11.2 Å². The quantitative estimate of drug-likeness (QED) is 0.608. The van der Waals surface area contributed by atoms with Gasteiger partial charge in [-0.15, -0.1) is 5.10 Å². The number of halogens is 5. The molecule has 160 valence electrons. The van der Waals surface area contributed by atoms with Crippen LogP contribution in [0, 0.1) is 5.82 Å². The summed E-state index contributed by atoms with van der Waals surface area (Å²) in [6.07, 6.45) is -0.226. The number of aromatic nitrogens is 5. The van der Waals surface area contributed by atoms with E-state index in [1.807, 2.05) is 20.8 Å². The lowest BCUT2D eigenvalue weighted by Gasteiger charge is -2.19. The monoisotopic (exact) mass is 459 g/mol. The van der Waals surface area contributed by atoms with Gasteiger partial charge in [0.05, 0.1) is 29.6 Å². The molecule has 0 bridgehead atoms. The predicted molar refractivity (Wildman–Crippen MR) is 107 cm³/mol. The van der Waals surface area contributed by atoms with Crippen molar-refractivity contribution in [3.05, 3.63) is 39.4 Å². The number of fused-ring (bicyclic) bond motifs is 1. The molecule has 0 spiro atoms. The number of nitrogens with zero attached hydrogens (tertiary/aromatic N) is 5. The van der Waals surface area contributed by atoms with Gasteiger partial charge in [0.25, 0.3) is 5.82 Å². The molecule has 0 saturated carbocycles. The molecule has 4 rings (SSSR count). The first-order chi connectivity index (χ1) is 14.0. The number of alkyl halides is 2. The Bertz CT molecular complexity index is 1130. The summed E-state index contributed by atoms with van der Waals surface area (Å²) >= 11 is 12.2. The molecule has 1 aromatic carbocycles. The smallest absolute Gasteiger partial charge is 0.279 e. The molecule has 11 heteroatoms. The summed E-state index contributed by atoms with van der Waals surface area (Å²) < 4.78 is 43.5. The van der Waals surface area contributed by atoms with Crippen LogP contribution in [0.3, 0.4) is 0 Å². The van der Waals surface area contributed by atoms with Crippen molar-refractivity contribution in [1.29, 1.82) is 0 Å². The van der Waals surface area contributed by atoms with Crippen molar-refractivity contribution in [1.82, 2.24) is 25.0 Å². The maximum atomic E-state index is 14.4. The van der Waals surface area contributed by atoms with Crippen LogP contribution in [-0.4, -0.2) is 44.0 Å². The van der Waals surface area contributed by atoms with Crippen LogP contribution in [0.4, 0.5) is 19.0 Å². The van der Waals surface area contributed by atoms with Gasteiger partial charge in [-0.1, -0.05) is 49.2 Å². The SMILES string of the molecule is CC(C)(C)c1nc([NH+]2CCC(F)(F)C2)c2nnn(Cc3c(F)ccc(Cl)c3Cl)c2n1. The predicted octanol–water partition coefficient (Wildman–Crippen LogP) is 3.57. The lowest BCUT2D eigenvalue weighted by atomic mass is 9.96. The van der Waals surface area contributed by atoms with Crippen LogP contribution in [0.15, 0.2) is 12.1 Å². The minimum absolute atomic E-state index is 0.0622. The van der Waals surface area contributed by atoms with Crippen molar-refractivity contribution in [2.24, 2.45) is 0 Å². The second kappa shape index (κ2) is 7.32. The maximum absolute atomic E-state index is 14.4. The Balaban J connectivity index is 1.86. The number of nitrogens with one attached hydrogen (secondary N) is 1. The standard InChI is InChI=1S/C19H19Cl2F3N6/c1-18(2,3)17-25-15(29-7-6-19(23,24)9-29)14-16(26-17)30(28-27-14)8-10-12(22)5-4-11(20)13(10)21/h4-5H,6-9H2,1-3H3/p+1. The van der Waals surface area contributed by atoms with Crippen LogP contribution in [0.1, 0.15) is 38.6 Å². The first-order valence-corrected chi connectivity index (χ1v) is 10.2. The van der Waals surface area contributed by atoms with E-state index in [0.717, 1.165) is 0 Å². The Labute approximate surface area is 181 Å². The maximum Gasteiger partial charge on any atom is 0.301 e. The van der Waals surface area contributed by atoms with Crippen LogP contribution < -0.4 is 4.90 Å². The van der Waals surface area contributed by atoms with E-state index in [0.29, 0.717) is 27.7 Å². The third-order valence-electron chi connectivity index (χ3n) is 5.08. The van der Waals surface area contributed by atoms with Crippen LogP contribution >= 0.6 is 23.2 Å². The van der Waals surface area contributed by atoms with Gasteiger partial charge in [0.15, 0.2) is 5.65 Å². The van der Waals surface area contributed by atoms with Gasteiger partial charge in [0.2, 0.25) is 5.52 Å². The van der Waals surface area contributed by atoms with Crippen molar-refractivity contribution in [3.63, 3.8) is 0 Å². The van der Waals surface area contributed by atoms with Gasteiger partial charge in [-0.05, 0) is 12.1 Å². The van der Waals surface area contributed by atoms with Gasteiger partial charge < -0.3 is 0 Å². The zero-order chi connectivity index (χ0) is 21.8. The Morgan fingerprint density at radius 1 is 1.20 bits per heavy atom. The third kappa shape index (κ3) is 3.86. The molecule has 6 nitrogen and oxygen atoms in total. The second-order valence-corrected chi connectivity index (χ2v) is 9.31. The molecule has 1 fully saturated rings. The van der Waals surface area contributed by atoms with Gasteiger partial charge in [-0.2, -0.15) is 4.98 Å². The number of hydrogen-bond acceptors (Lipinski definition) is 4. The molecule has 0 aliphatic carbocycles. The molecule has 30 heavy (non-hydrogen) atoms. The van der Waals surface area contributed by atoms with E-state index in [1.54, 1.807) is 0 Å². The molecule has 1 unspecified atom stereocenters. The normalized spacial score (nSPS) is 19.0. The highest BCUT2D eigenvalue weighted by Crippen LogP contribution is 2.30. The van der Waals surface area contributed by atoms with E-state index < -0.39 is 17.2 Å². The van der Waals surface area contributed by atoms with E-state index >= 15 is 0 Å². The van der Waals surface area contributed by atoms with E-state index in [1.165, 1.54) is 16.8 Å². The third-order valence-corrected chi connectivity index (χ3v) is 5.92. The van der Waals surface area contributed by atoms with Gasteiger partial charge in [0, 0.05) is 11.0 Å². The van der Waals surface area contributed by atoms with Gasteiger partial charge in [0.1, 0.15) is 18.2 Å². The van der Waals surface area contributed by atoms with E-state index in [9.17, 15) is 13.2 Å². The highest BCUT2D eigenvalue weighted by molar-refractivity contribution is 6.42. The number of rotatable bonds is 3. The summed E-state index contributed by atoms with van der Waals surface area (Å²) in [5.41, 5.74) is 0.351.